The number of nitriles is 3. The van der Waals surface area contributed by atoms with Gasteiger partial charge in [-0.1, -0.05) is 11.8 Å². The van der Waals surface area contributed by atoms with Crippen LogP contribution in [0.15, 0.2) is 11.3 Å². The molecule has 0 radical (unpaired) electrons. The molecule has 20 heavy (non-hydrogen) atoms. The molecule has 0 aromatic rings. The highest BCUT2D eigenvalue weighted by Crippen LogP contribution is 2.27. The SMILES string of the molecule is CC(=O)SCC1CC(=O)N(C(CC#N)=C(C#N)C#N)C1. The summed E-state index contributed by atoms with van der Waals surface area (Å²) in [7, 11) is 0. The van der Waals surface area contributed by atoms with Gasteiger partial charge in [-0.25, -0.2) is 0 Å². The van der Waals surface area contributed by atoms with E-state index in [9.17, 15) is 9.59 Å². The number of nitrogens with zero attached hydrogens (tertiary/aromatic N) is 4. The van der Waals surface area contributed by atoms with Gasteiger partial charge in [0, 0.05) is 25.6 Å². The van der Waals surface area contributed by atoms with Crippen LogP contribution in [0, 0.1) is 39.9 Å². The molecule has 1 atom stereocenters. The fourth-order valence-electron chi connectivity index (χ4n) is 1.94. The summed E-state index contributed by atoms with van der Waals surface area (Å²) in [5, 5.41) is 26.5. The molecule has 1 heterocycles. The number of amides is 1. The van der Waals surface area contributed by atoms with E-state index >= 15 is 0 Å². The molecule has 0 spiro atoms. The highest BCUT2D eigenvalue weighted by molar-refractivity contribution is 8.13. The zero-order valence-corrected chi connectivity index (χ0v) is 11.7. The quantitative estimate of drug-likeness (QED) is 0.722. The highest BCUT2D eigenvalue weighted by atomic mass is 32.2. The monoisotopic (exact) mass is 288 g/mol. The van der Waals surface area contributed by atoms with Crippen molar-refractivity contribution in [2.45, 2.75) is 19.8 Å². The number of allylic oxidation sites excluding steroid dienone is 2. The average Bonchev–Trinajstić information content (AvgIpc) is 2.78. The van der Waals surface area contributed by atoms with Crippen LogP contribution >= 0.6 is 11.8 Å². The van der Waals surface area contributed by atoms with E-state index in [4.69, 9.17) is 15.8 Å². The van der Waals surface area contributed by atoms with E-state index in [0.29, 0.717) is 12.3 Å². The molecule has 1 fully saturated rings. The maximum atomic E-state index is 12.0. The predicted octanol–water partition coefficient (Wildman–Crippen LogP) is 1.33. The first-order chi connectivity index (χ1) is 9.53. The van der Waals surface area contributed by atoms with Crippen molar-refractivity contribution >= 4 is 22.8 Å². The first-order valence-corrected chi connectivity index (χ1v) is 6.86. The van der Waals surface area contributed by atoms with Gasteiger partial charge in [0.25, 0.3) is 0 Å². The topological polar surface area (TPSA) is 109 Å². The highest BCUT2D eigenvalue weighted by Gasteiger charge is 2.33. The van der Waals surface area contributed by atoms with Gasteiger partial charge in [-0.15, -0.1) is 0 Å². The number of rotatable bonds is 4. The number of hydrogen-bond donors (Lipinski definition) is 0. The van der Waals surface area contributed by atoms with Gasteiger partial charge in [0.15, 0.2) is 5.12 Å². The Kier molecular flexibility index (Phi) is 5.77. The van der Waals surface area contributed by atoms with Gasteiger partial charge in [-0.2, -0.15) is 15.8 Å². The van der Waals surface area contributed by atoms with Gasteiger partial charge < -0.3 is 4.90 Å². The first-order valence-electron chi connectivity index (χ1n) is 5.87. The Hall–Kier alpha value is -2.30. The number of carbonyl (C=O) groups is 2. The molecule has 1 aliphatic heterocycles. The van der Waals surface area contributed by atoms with Gasteiger partial charge in [-0.05, 0) is 5.92 Å². The smallest absolute Gasteiger partial charge is 0.227 e. The standard InChI is InChI=1S/C13H12N4O2S/c1-9(18)20-8-10-4-13(19)17(7-10)12(2-3-14)11(5-15)6-16/h10H,2,4,7-8H2,1H3. The van der Waals surface area contributed by atoms with Crippen LogP contribution in [0.4, 0.5) is 0 Å². The molecule has 0 aromatic carbocycles. The van der Waals surface area contributed by atoms with Gasteiger partial charge in [-0.3, -0.25) is 9.59 Å². The summed E-state index contributed by atoms with van der Waals surface area (Å²) in [6.07, 6.45) is 0.105. The first kappa shape index (κ1) is 15.8. The summed E-state index contributed by atoms with van der Waals surface area (Å²) in [6, 6.07) is 5.29. The number of hydrogen-bond acceptors (Lipinski definition) is 6. The summed E-state index contributed by atoms with van der Waals surface area (Å²) >= 11 is 1.15. The lowest BCUT2D eigenvalue weighted by atomic mass is 10.1. The zero-order chi connectivity index (χ0) is 15.1. The normalized spacial score (nSPS) is 17.0. The minimum atomic E-state index is -0.215. The summed E-state index contributed by atoms with van der Waals surface area (Å²) in [6.45, 7) is 1.80. The van der Waals surface area contributed by atoms with Crippen molar-refractivity contribution in [3.05, 3.63) is 11.3 Å². The predicted molar refractivity (Wildman–Crippen MR) is 71.4 cm³/mol. The van der Waals surface area contributed by atoms with Gasteiger partial charge in [0.1, 0.15) is 17.7 Å². The largest absolute Gasteiger partial charge is 0.313 e. The number of likely N-dealkylation sites (tertiary alicyclic amines) is 1. The molecule has 7 heteroatoms. The molecule has 1 unspecified atom stereocenters. The number of thioether (sulfide) groups is 1. The summed E-state index contributed by atoms with van der Waals surface area (Å²) in [4.78, 5) is 24.2. The molecule has 1 amide bonds. The molecular weight excluding hydrogens is 276 g/mol. The van der Waals surface area contributed by atoms with Crippen molar-refractivity contribution in [1.82, 2.24) is 4.90 Å². The van der Waals surface area contributed by atoms with Crippen LogP contribution in [0.1, 0.15) is 19.8 Å². The van der Waals surface area contributed by atoms with E-state index in [1.807, 2.05) is 6.07 Å². The van der Waals surface area contributed by atoms with Crippen LogP contribution < -0.4 is 0 Å². The summed E-state index contributed by atoms with van der Waals surface area (Å²) in [5.41, 5.74) is -0.0439. The second kappa shape index (κ2) is 7.33. The lowest BCUT2D eigenvalue weighted by molar-refractivity contribution is -0.126. The van der Waals surface area contributed by atoms with Crippen molar-refractivity contribution in [2.24, 2.45) is 5.92 Å². The third kappa shape index (κ3) is 3.85. The molecule has 0 aromatic heterocycles. The molecular formula is C13H12N4O2S. The summed E-state index contributed by atoms with van der Waals surface area (Å²) in [5.74, 6) is 0.294. The Balaban J connectivity index is 2.91. The minimum absolute atomic E-state index is 0.0104. The Labute approximate surface area is 121 Å². The van der Waals surface area contributed by atoms with E-state index in [1.165, 1.54) is 11.8 Å². The average molecular weight is 288 g/mol. The molecule has 1 rings (SSSR count). The second-order valence-electron chi connectivity index (χ2n) is 4.26. The van der Waals surface area contributed by atoms with E-state index in [2.05, 4.69) is 0 Å². The molecule has 1 aliphatic rings. The second-order valence-corrected chi connectivity index (χ2v) is 5.45. The van der Waals surface area contributed by atoms with Crippen molar-refractivity contribution in [1.29, 1.82) is 15.8 Å². The molecule has 0 N–H and O–H groups in total. The lowest BCUT2D eigenvalue weighted by Crippen LogP contribution is -2.26. The van der Waals surface area contributed by atoms with Crippen LogP contribution in [0.25, 0.3) is 0 Å². The van der Waals surface area contributed by atoms with Crippen molar-refractivity contribution in [3.63, 3.8) is 0 Å². The third-order valence-corrected chi connectivity index (χ3v) is 3.86. The molecule has 0 aliphatic carbocycles. The van der Waals surface area contributed by atoms with Crippen LogP contribution in [-0.2, 0) is 9.59 Å². The minimum Gasteiger partial charge on any atom is -0.313 e. The Morgan fingerprint density at radius 3 is 2.55 bits per heavy atom. The molecule has 102 valence electrons. The maximum absolute atomic E-state index is 12.0. The maximum Gasteiger partial charge on any atom is 0.227 e. The zero-order valence-electron chi connectivity index (χ0n) is 10.9. The van der Waals surface area contributed by atoms with E-state index in [0.717, 1.165) is 11.8 Å². The van der Waals surface area contributed by atoms with E-state index < -0.39 is 0 Å². The van der Waals surface area contributed by atoms with Crippen LogP contribution in [0.5, 0.6) is 0 Å². The van der Waals surface area contributed by atoms with Crippen LogP contribution in [0.3, 0.4) is 0 Å². The van der Waals surface area contributed by atoms with Crippen molar-refractivity contribution < 1.29 is 9.59 Å². The van der Waals surface area contributed by atoms with Crippen molar-refractivity contribution in [3.8, 4) is 18.2 Å². The number of carbonyl (C=O) groups excluding carboxylic acids is 2. The van der Waals surface area contributed by atoms with Gasteiger partial charge in [0.2, 0.25) is 5.91 Å². The van der Waals surface area contributed by atoms with Crippen LogP contribution in [0.2, 0.25) is 0 Å². The molecule has 1 saturated heterocycles. The molecule has 0 bridgehead atoms. The Bertz CT molecular complexity index is 561. The van der Waals surface area contributed by atoms with E-state index in [1.54, 1.807) is 12.1 Å². The van der Waals surface area contributed by atoms with E-state index in [-0.39, 0.29) is 41.1 Å². The fraction of sp³-hybridized carbons (Fsp3) is 0.462. The van der Waals surface area contributed by atoms with Gasteiger partial charge in [0.05, 0.1) is 18.2 Å². The Morgan fingerprint density at radius 1 is 1.40 bits per heavy atom. The summed E-state index contributed by atoms with van der Waals surface area (Å²) < 4.78 is 0. The third-order valence-electron chi connectivity index (χ3n) is 2.81. The molecule has 0 saturated carbocycles. The van der Waals surface area contributed by atoms with Crippen molar-refractivity contribution in [2.75, 3.05) is 12.3 Å². The Morgan fingerprint density at radius 2 is 2.05 bits per heavy atom. The van der Waals surface area contributed by atoms with Gasteiger partial charge >= 0.3 is 0 Å². The fourth-order valence-corrected chi connectivity index (χ4v) is 2.63. The molecule has 6 nitrogen and oxygen atoms in total. The lowest BCUT2D eigenvalue weighted by Gasteiger charge is -2.18. The van der Waals surface area contributed by atoms with Crippen LogP contribution in [-0.4, -0.2) is 28.2 Å².